The van der Waals surface area contributed by atoms with Crippen molar-refractivity contribution >= 4 is 11.8 Å². The summed E-state index contributed by atoms with van der Waals surface area (Å²) in [6, 6.07) is 11.9. The second kappa shape index (κ2) is 8.99. The molecule has 1 amide bonds. The molecule has 1 aromatic rings. The highest BCUT2D eigenvalue weighted by atomic mass is 16.5. The summed E-state index contributed by atoms with van der Waals surface area (Å²) in [6.45, 7) is 6.43. The fourth-order valence-corrected chi connectivity index (χ4v) is 3.36. The number of carbonyl (C=O) groups is 1. The quantitative estimate of drug-likeness (QED) is 0.742. The molecule has 0 bridgehead atoms. The molecule has 1 aromatic carbocycles. The van der Waals surface area contributed by atoms with Crippen molar-refractivity contribution in [3.63, 3.8) is 0 Å². The third-order valence-electron chi connectivity index (χ3n) is 4.79. The van der Waals surface area contributed by atoms with Crippen molar-refractivity contribution in [2.24, 2.45) is 5.41 Å². The molecule has 8 nitrogen and oxygen atoms in total. The van der Waals surface area contributed by atoms with Gasteiger partial charge in [-0.25, -0.2) is 4.79 Å². The van der Waals surface area contributed by atoms with Gasteiger partial charge in [0.05, 0.1) is 0 Å². The molecule has 1 heterocycles. The van der Waals surface area contributed by atoms with E-state index in [1.54, 1.807) is 36.4 Å². The van der Waals surface area contributed by atoms with Crippen molar-refractivity contribution in [1.29, 1.82) is 15.8 Å². The average molecular weight is 393 g/mol. The van der Waals surface area contributed by atoms with Crippen molar-refractivity contribution in [3.05, 3.63) is 35.5 Å². The van der Waals surface area contributed by atoms with Gasteiger partial charge in [0.15, 0.2) is 5.57 Å². The molecule has 1 aliphatic rings. The van der Waals surface area contributed by atoms with Crippen LogP contribution >= 0.6 is 0 Å². The number of hydrogen-bond acceptors (Lipinski definition) is 6. The van der Waals surface area contributed by atoms with E-state index in [0.717, 1.165) is 0 Å². The number of allylic oxidation sites excluding steroid dienone is 2. The van der Waals surface area contributed by atoms with Gasteiger partial charge < -0.3 is 20.1 Å². The van der Waals surface area contributed by atoms with Crippen LogP contribution in [0.2, 0.25) is 0 Å². The zero-order chi connectivity index (χ0) is 21.6. The number of nitriles is 3. The molecule has 2 rings (SSSR count). The smallest absolute Gasteiger partial charge is 0.407 e. The largest absolute Gasteiger partial charge is 0.490 e. The maximum atomic E-state index is 11.6. The number of carboxylic acid groups (broad SMARTS) is 1. The highest BCUT2D eigenvalue weighted by molar-refractivity contribution is 5.65. The summed E-state index contributed by atoms with van der Waals surface area (Å²) in [4.78, 5) is 13.0. The number of hydrogen-bond donors (Lipinski definition) is 2. The lowest BCUT2D eigenvalue weighted by Gasteiger charge is -2.44. The van der Waals surface area contributed by atoms with Crippen LogP contribution in [-0.2, 0) is 0 Å². The molecular formula is C21H23N5O3. The molecule has 150 valence electrons. The lowest BCUT2D eigenvalue weighted by Crippen LogP contribution is -2.53. The molecule has 0 aromatic heterocycles. The van der Waals surface area contributed by atoms with Crippen molar-refractivity contribution in [1.82, 2.24) is 4.90 Å². The Morgan fingerprint density at radius 3 is 2.48 bits per heavy atom. The van der Waals surface area contributed by atoms with E-state index in [9.17, 15) is 9.90 Å². The van der Waals surface area contributed by atoms with Crippen LogP contribution in [0.3, 0.4) is 0 Å². The van der Waals surface area contributed by atoms with Gasteiger partial charge in [-0.2, -0.15) is 15.8 Å². The Morgan fingerprint density at radius 1 is 1.24 bits per heavy atom. The van der Waals surface area contributed by atoms with E-state index >= 15 is 0 Å². The van der Waals surface area contributed by atoms with Crippen molar-refractivity contribution in [2.75, 3.05) is 11.9 Å². The van der Waals surface area contributed by atoms with E-state index in [0.29, 0.717) is 30.8 Å². The van der Waals surface area contributed by atoms with E-state index < -0.39 is 6.09 Å². The summed E-state index contributed by atoms with van der Waals surface area (Å²) in [5, 5.41) is 39.3. The molecule has 0 radical (unpaired) electrons. The standard InChI is InChI=1S/C21H23N5O3/c1-21(2,3)19-10-17(7-8-26(19)20(27)28)29-16-6-4-5-15(9-16)25-18(13-24)14(11-22)12-23/h4-6,9,17,19,25H,7-8,10H2,1-3H3,(H,27,28). The molecule has 0 saturated carbocycles. The monoisotopic (exact) mass is 393 g/mol. The number of nitrogens with zero attached hydrogens (tertiary/aromatic N) is 4. The van der Waals surface area contributed by atoms with E-state index in [-0.39, 0.29) is 28.8 Å². The number of rotatable bonds is 4. The highest BCUT2D eigenvalue weighted by Gasteiger charge is 2.39. The summed E-state index contributed by atoms with van der Waals surface area (Å²) in [5.74, 6) is 0.559. The molecule has 2 atom stereocenters. The Kier molecular flexibility index (Phi) is 6.70. The molecule has 1 aliphatic heterocycles. The van der Waals surface area contributed by atoms with Crippen LogP contribution in [-0.4, -0.2) is 34.8 Å². The van der Waals surface area contributed by atoms with Crippen LogP contribution in [0.25, 0.3) is 0 Å². The maximum absolute atomic E-state index is 11.6. The van der Waals surface area contributed by atoms with Gasteiger partial charge in [0, 0.05) is 37.2 Å². The third-order valence-corrected chi connectivity index (χ3v) is 4.79. The Morgan fingerprint density at radius 2 is 1.93 bits per heavy atom. The lowest BCUT2D eigenvalue weighted by molar-refractivity contribution is 0.0130. The number of benzene rings is 1. The van der Waals surface area contributed by atoms with Crippen LogP contribution in [0.5, 0.6) is 5.75 Å². The minimum atomic E-state index is -0.920. The Balaban J connectivity index is 2.16. The van der Waals surface area contributed by atoms with Gasteiger partial charge >= 0.3 is 6.09 Å². The van der Waals surface area contributed by atoms with Gasteiger partial charge in [0.2, 0.25) is 0 Å². The topological polar surface area (TPSA) is 133 Å². The fourth-order valence-electron chi connectivity index (χ4n) is 3.36. The van der Waals surface area contributed by atoms with E-state index in [1.165, 1.54) is 4.90 Å². The predicted molar refractivity (Wildman–Crippen MR) is 106 cm³/mol. The minimum Gasteiger partial charge on any atom is -0.490 e. The summed E-state index contributed by atoms with van der Waals surface area (Å²) in [7, 11) is 0. The number of anilines is 1. The highest BCUT2D eigenvalue weighted by Crippen LogP contribution is 2.34. The fraction of sp³-hybridized carbons (Fsp3) is 0.429. The number of likely N-dealkylation sites (tertiary alicyclic amines) is 1. The van der Waals surface area contributed by atoms with E-state index in [1.807, 2.05) is 26.8 Å². The first-order valence-electron chi connectivity index (χ1n) is 9.17. The first-order valence-corrected chi connectivity index (χ1v) is 9.17. The minimum absolute atomic E-state index is 0.130. The second-order valence-corrected chi connectivity index (χ2v) is 7.86. The summed E-state index contributed by atoms with van der Waals surface area (Å²) < 4.78 is 6.09. The van der Waals surface area contributed by atoms with Crippen LogP contribution in [0, 0.1) is 39.4 Å². The average Bonchev–Trinajstić information content (AvgIpc) is 2.67. The summed E-state index contributed by atoms with van der Waals surface area (Å²) >= 11 is 0. The first-order chi connectivity index (χ1) is 13.7. The SMILES string of the molecule is CC(C)(C)C1CC(Oc2cccc(NC(C#N)=C(C#N)C#N)c2)CCN1C(=O)O. The molecule has 2 N–H and O–H groups in total. The molecule has 0 aliphatic carbocycles. The van der Waals surface area contributed by atoms with Crippen LogP contribution < -0.4 is 10.1 Å². The number of nitrogens with one attached hydrogen (secondary N) is 1. The molecule has 2 unspecified atom stereocenters. The molecular weight excluding hydrogens is 370 g/mol. The summed E-state index contributed by atoms with van der Waals surface area (Å²) in [5.41, 5.74) is -0.138. The summed E-state index contributed by atoms with van der Waals surface area (Å²) in [6.07, 6.45) is 0.0810. The molecule has 0 spiro atoms. The van der Waals surface area contributed by atoms with Crippen molar-refractivity contribution < 1.29 is 14.6 Å². The Labute approximate surface area is 170 Å². The Bertz CT molecular complexity index is 911. The zero-order valence-electron chi connectivity index (χ0n) is 16.6. The van der Waals surface area contributed by atoms with Crippen LogP contribution in [0.1, 0.15) is 33.6 Å². The van der Waals surface area contributed by atoms with Crippen molar-refractivity contribution in [2.45, 2.75) is 45.8 Å². The predicted octanol–water partition coefficient (Wildman–Crippen LogP) is 3.86. The number of piperidine rings is 1. The van der Waals surface area contributed by atoms with Crippen LogP contribution in [0.4, 0.5) is 10.5 Å². The second-order valence-electron chi connectivity index (χ2n) is 7.86. The van der Waals surface area contributed by atoms with Crippen LogP contribution in [0.15, 0.2) is 35.5 Å². The first kappa shape index (κ1) is 21.6. The van der Waals surface area contributed by atoms with Gasteiger partial charge in [-0.3, -0.25) is 0 Å². The maximum Gasteiger partial charge on any atom is 0.407 e. The van der Waals surface area contributed by atoms with Gasteiger partial charge in [-0.05, 0) is 17.5 Å². The number of ether oxygens (including phenoxy) is 1. The Hall–Kier alpha value is -3.70. The zero-order valence-corrected chi connectivity index (χ0v) is 16.6. The molecule has 1 saturated heterocycles. The molecule has 29 heavy (non-hydrogen) atoms. The lowest BCUT2D eigenvalue weighted by atomic mass is 9.80. The third kappa shape index (κ3) is 5.40. The van der Waals surface area contributed by atoms with E-state index in [2.05, 4.69) is 5.32 Å². The molecule has 8 heteroatoms. The molecule has 1 fully saturated rings. The van der Waals surface area contributed by atoms with Crippen molar-refractivity contribution in [3.8, 4) is 24.0 Å². The van der Waals surface area contributed by atoms with Gasteiger partial charge in [-0.15, -0.1) is 0 Å². The van der Waals surface area contributed by atoms with E-state index in [4.69, 9.17) is 20.5 Å². The normalized spacial score (nSPS) is 18.6. The van der Waals surface area contributed by atoms with Gasteiger partial charge in [0.1, 0.15) is 35.8 Å². The number of amides is 1. The van der Waals surface area contributed by atoms with Gasteiger partial charge in [-0.1, -0.05) is 26.8 Å². The van der Waals surface area contributed by atoms with Gasteiger partial charge in [0.25, 0.3) is 0 Å².